The average molecular weight is 271 g/mol. The second-order valence-corrected chi connectivity index (χ2v) is 13.2. The largest absolute Gasteiger partial charge is 0.164 e. The summed E-state index contributed by atoms with van der Waals surface area (Å²) in [7, 11) is -1.15. The lowest BCUT2D eigenvalue weighted by atomic mass is 9.87. The van der Waals surface area contributed by atoms with Crippen molar-refractivity contribution in [1.29, 1.82) is 0 Å². The number of hydrogen-bond donors (Lipinski definition) is 0. The smallest absolute Gasteiger partial charge is 0.0598 e. The molecule has 0 unspecified atom stereocenters. The van der Waals surface area contributed by atoms with Crippen molar-refractivity contribution in [2.75, 3.05) is 6.26 Å². The van der Waals surface area contributed by atoms with Gasteiger partial charge in [0.25, 0.3) is 0 Å². The third-order valence-corrected chi connectivity index (χ3v) is 9.39. The van der Waals surface area contributed by atoms with Gasteiger partial charge >= 0.3 is 0 Å². The predicted octanol–water partition coefficient (Wildman–Crippen LogP) is 5.53. The normalized spacial score (nSPS) is 17.1. The first kappa shape index (κ1) is 17.0. The van der Waals surface area contributed by atoms with Crippen molar-refractivity contribution in [2.24, 2.45) is 5.41 Å². The van der Waals surface area contributed by atoms with Crippen LogP contribution in [0.4, 0.5) is 0 Å². The third-order valence-electron chi connectivity index (χ3n) is 3.32. The lowest BCUT2D eigenvalue weighted by molar-refractivity contribution is 0.424. The number of thioether (sulfide) groups is 1. The van der Waals surface area contributed by atoms with Gasteiger partial charge in [0.1, 0.15) is 0 Å². The monoisotopic (exact) mass is 270 g/mol. The summed E-state index contributed by atoms with van der Waals surface area (Å²) in [6.45, 7) is 18.2. The summed E-state index contributed by atoms with van der Waals surface area (Å²) >= 11 is 2.04. The van der Waals surface area contributed by atoms with E-state index in [1.807, 2.05) is 11.8 Å². The molecule has 0 aliphatic heterocycles. The SMILES string of the molecule is C=C[C@](C)(CCC=C(C)C)[C@H](SC)[Si](C)(C)C. The highest BCUT2D eigenvalue weighted by Gasteiger charge is 2.39. The Morgan fingerprint density at radius 3 is 2.18 bits per heavy atom. The van der Waals surface area contributed by atoms with Gasteiger partial charge in [-0.05, 0) is 38.4 Å². The summed E-state index contributed by atoms with van der Waals surface area (Å²) in [6, 6.07) is 0. The molecule has 0 N–H and O–H groups in total. The summed E-state index contributed by atoms with van der Waals surface area (Å²) in [5.74, 6) is 0. The van der Waals surface area contributed by atoms with E-state index in [2.05, 4.69) is 65.4 Å². The van der Waals surface area contributed by atoms with E-state index in [1.54, 1.807) is 0 Å². The van der Waals surface area contributed by atoms with Crippen LogP contribution in [-0.2, 0) is 0 Å². The maximum Gasteiger partial charge on any atom is 0.0598 e. The second-order valence-electron chi connectivity index (χ2n) is 6.51. The van der Waals surface area contributed by atoms with Gasteiger partial charge in [0.05, 0.1) is 8.07 Å². The van der Waals surface area contributed by atoms with Crippen molar-refractivity contribution in [3.63, 3.8) is 0 Å². The highest BCUT2D eigenvalue weighted by atomic mass is 32.2. The Morgan fingerprint density at radius 1 is 1.35 bits per heavy atom. The van der Waals surface area contributed by atoms with Crippen LogP contribution in [0.15, 0.2) is 24.3 Å². The highest BCUT2D eigenvalue weighted by Crippen LogP contribution is 2.41. The van der Waals surface area contributed by atoms with E-state index in [0.29, 0.717) is 0 Å². The van der Waals surface area contributed by atoms with Crippen molar-refractivity contribution in [3.8, 4) is 0 Å². The Bertz CT molecular complexity index is 271. The Labute approximate surface area is 114 Å². The minimum absolute atomic E-state index is 0.274. The second kappa shape index (κ2) is 6.84. The quantitative estimate of drug-likeness (QED) is 0.433. The van der Waals surface area contributed by atoms with Crippen LogP contribution in [0.1, 0.15) is 33.6 Å². The molecule has 0 heterocycles. The van der Waals surface area contributed by atoms with Crippen molar-refractivity contribution >= 4 is 19.8 Å². The van der Waals surface area contributed by atoms with E-state index in [4.69, 9.17) is 0 Å². The van der Waals surface area contributed by atoms with Crippen LogP contribution in [0, 0.1) is 5.41 Å². The van der Waals surface area contributed by atoms with Gasteiger partial charge in [-0.2, -0.15) is 11.8 Å². The van der Waals surface area contributed by atoms with E-state index < -0.39 is 8.07 Å². The molecule has 0 nitrogen and oxygen atoms in total. The van der Waals surface area contributed by atoms with E-state index in [0.717, 1.165) is 4.87 Å². The number of allylic oxidation sites excluding steroid dienone is 3. The topological polar surface area (TPSA) is 0 Å². The molecule has 0 aromatic carbocycles. The molecule has 0 aliphatic rings. The molecule has 0 fully saturated rings. The van der Waals surface area contributed by atoms with Crippen molar-refractivity contribution in [1.82, 2.24) is 0 Å². The Kier molecular flexibility index (Phi) is 6.86. The Morgan fingerprint density at radius 2 is 1.88 bits per heavy atom. The molecule has 0 aliphatic carbocycles. The van der Waals surface area contributed by atoms with E-state index in [9.17, 15) is 0 Å². The molecule has 0 saturated heterocycles. The maximum absolute atomic E-state index is 4.10. The minimum atomic E-state index is -1.15. The fourth-order valence-electron chi connectivity index (χ4n) is 2.62. The summed E-state index contributed by atoms with van der Waals surface area (Å²) in [5.41, 5.74) is 1.70. The molecule has 0 aromatic rings. The van der Waals surface area contributed by atoms with Gasteiger partial charge in [-0.3, -0.25) is 0 Å². The molecule has 100 valence electrons. The number of hydrogen-bond acceptors (Lipinski definition) is 1. The molecule has 2 heteroatoms. The van der Waals surface area contributed by atoms with Gasteiger partial charge in [-0.15, -0.1) is 6.58 Å². The minimum Gasteiger partial charge on any atom is -0.164 e. The summed E-state index contributed by atoms with van der Waals surface area (Å²) in [4.78, 5) is 0.748. The molecule has 0 bridgehead atoms. The predicted molar refractivity (Wildman–Crippen MR) is 87.6 cm³/mol. The zero-order valence-corrected chi connectivity index (χ0v) is 14.6. The fraction of sp³-hybridized carbons (Fsp3) is 0.733. The molecule has 0 radical (unpaired) electrons. The maximum atomic E-state index is 4.10. The average Bonchev–Trinajstić information content (AvgIpc) is 2.15. The summed E-state index contributed by atoms with van der Waals surface area (Å²) in [5, 5.41) is 0. The first-order valence-electron chi connectivity index (χ1n) is 6.47. The Balaban J connectivity index is 4.86. The lowest BCUT2D eigenvalue weighted by Crippen LogP contribution is -2.46. The van der Waals surface area contributed by atoms with Crippen LogP contribution in [0.5, 0.6) is 0 Å². The van der Waals surface area contributed by atoms with Gasteiger partial charge < -0.3 is 0 Å². The molecular weight excluding hydrogens is 240 g/mol. The summed E-state index contributed by atoms with van der Waals surface area (Å²) < 4.78 is 0. The van der Waals surface area contributed by atoms with Gasteiger partial charge in [0, 0.05) is 4.87 Å². The third kappa shape index (κ3) is 5.48. The van der Waals surface area contributed by atoms with Crippen LogP contribution < -0.4 is 0 Å². The van der Waals surface area contributed by atoms with Crippen molar-refractivity contribution in [2.45, 2.75) is 58.1 Å². The molecule has 0 aromatic heterocycles. The van der Waals surface area contributed by atoms with Crippen LogP contribution in [0.3, 0.4) is 0 Å². The van der Waals surface area contributed by atoms with Crippen LogP contribution in [0.2, 0.25) is 19.6 Å². The van der Waals surface area contributed by atoms with Gasteiger partial charge in [0.15, 0.2) is 0 Å². The molecule has 0 amide bonds. The lowest BCUT2D eigenvalue weighted by Gasteiger charge is -2.41. The van der Waals surface area contributed by atoms with Crippen LogP contribution >= 0.6 is 11.8 Å². The molecule has 2 atom stereocenters. The van der Waals surface area contributed by atoms with Crippen molar-refractivity contribution < 1.29 is 0 Å². The fourth-order valence-corrected chi connectivity index (χ4v) is 8.45. The zero-order valence-electron chi connectivity index (χ0n) is 12.8. The first-order valence-corrected chi connectivity index (χ1v) is 11.3. The molecule has 0 rings (SSSR count). The van der Waals surface area contributed by atoms with Gasteiger partial charge in [0.2, 0.25) is 0 Å². The van der Waals surface area contributed by atoms with Crippen molar-refractivity contribution in [3.05, 3.63) is 24.3 Å². The van der Waals surface area contributed by atoms with Gasteiger partial charge in [-0.1, -0.05) is 44.3 Å². The van der Waals surface area contributed by atoms with E-state index in [1.165, 1.54) is 18.4 Å². The molecule has 17 heavy (non-hydrogen) atoms. The van der Waals surface area contributed by atoms with Crippen LogP contribution in [-0.4, -0.2) is 19.2 Å². The molecular formula is C15H30SSi. The number of rotatable bonds is 7. The zero-order chi connectivity index (χ0) is 13.7. The summed E-state index contributed by atoms with van der Waals surface area (Å²) in [6.07, 6.45) is 9.20. The first-order chi connectivity index (χ1) is 7.67. The van der Waals surface area contributed by atoms with Gasteiger partial charge in [-0.25, -0.2) is 0 Å². The molecule has 0 saturated carbocycles. The van der Waals surface area contributed by atoms with E-state index in [-0.39, 0.29) is 5.41 Å². The molecule has 0 spiro atoms. The Hall–Kier alpha value is 0.0469. The van der Waals surface area contributed by atoms with Crippen LogP contribution in [0.25, 0.3) is 0 Å². The van der Waals surface area contributed by atoms with E-state index >= 15 is 0 Å². The standard InChI is InChI=1S/C15H30SSi/c1-9-15(4,12-10-11-13(2)3)14(16-5)17(6,7)8/h9,11,14H,1,10,12H2,2-8H3/t14-,15-/m1/s1. The highest BCUT2D eigenvalue weighted by molar-refractivity contribution is 8.01.